The highest BCUT2D eigenvalue weighted by Crippen LogP contribution is 2.14. The van der Waals surface area contributed by atoms with E-state index in [1.54, 1.807) is 11.3 Å². The summed E-state index contributed by atoms with van der Waals surface area (Å²) in [5.74, 6) is 0.887. The van der Waals surface area contributed by atoms with Crippen molar-refractivity contribution in [3.63, 3.8) is 0 Å². The van der Waals surface area contributed by atoms with Crippen LogP contribution in [0.2, 0.25) is 0 Å². The van der Waals surface area contributed by atoms with Crippen molar-refractivity contribution in [3.05, 3.63) is 46.4 Å². The Morgan fingerprint density at radius 2 is 2.12 bits per heavy atom. The lowest BCUT2D eigenvalue weighted by atomic mass is 10.2. The van der Waals surface area contributed by atoms with Crippen molar-refractivity contribution in [1.82, 2.24) is 10.3 Å². The van der Waals surface area contributed by atoms with Crippen molar-refractivity contribution in [2.45, 2.75) is 20.1 Å². The Kier molecular flexibility index (Phi) is 4.53. The van der Waals surface area contributed by atoms with Gasteiger partial charge in [0.1, 0.15) is 12.4 Å². The zero-order valence-electron chi connectivity index (χ0n) is 9.85. The maximum atomic E-state index is 5.63. The average Bonchev–Trinajstić information content (AvgIpc) is 2.88. The highest BCUT2D eigenvalue weighted by atomic mass is 32.1. The van der Waals surface area contributed by atoms with Gasteiger partial charge < -0.3 is 10.1 Å². The molecule has 0 saturated heterocycles. The minimum atomic E-state index is 0.538. The third kappa shape index (κ3) is 3.84. The van der Waals surface area contributed by atoms with Crippen LogP contribution in [0.1, 0.15) is 18.2 Å². The van der Waals surface area contributed by atoms with Crippen molar-refractivity contribution in [2.75, 3.05) is 6.54 Å². The Balaban J connectivity index is 1.85. The molecule has 0 bridgehead atoms. The number of hydrogen-bond donors (Lipinski definition) is 1. The maximum absolute atomic E-state index is 5.63. The lowest BCUT2D eigenvalue weighted by Gasteiger charge is -2.06. The number of ether oxygens (including phenoxy) is 1. The molecule has 1 N–H and O–H groups in total. The number of nitrogens with zero attached hydrogens (tertiary/aromatic N) is 1. The molecule has 0 spiro atoms. The quantitative estimate of drug-likeness (QED) is 0.853. The summed E-state index contributed by atoms with van der Waals surface area (Å²) in [6.07, 6.45) is 0. The number of aromatic nitrogens is 1. The van der Waals surface area contributed by atoms with E-state index in [1.165, 1.54) is 5.56 Å². The van der Waals surface area contributed by atoms with Crippen molar-refractivity contribution in [1.29, 1.82) is 0 Å². The molecular formula is C13H16N2OS. The molecule has 90 valence electrons. The van der Waals surface area contributed by atoms with Crippen LogP contribution < -0.4 is 10.1 Å². The van der Waals surface area contributed by atoms with Gasteiger partial charge in [-0.15, -0.1) is 11.3 Å². The summed E-state index contributed by atoms with van der Waals surface area (Å²) in [5.41, 5.74) is 4.07. The first-order valence-electron chi connectivity index (χ1n) is 5.68. The third-order valence-electron chi connectivity index (χ3n) is 2.37. The molecule has 0 atom stereocenters. The number of benzene rings is 1. The Bertz CT molecular complexity index is 425. The largest absolute Gasteiger partial charge is 0.487 e. The first-order chi connectivity index (χ1) is 8.38. The molecular weight excluding hydrogens is 232 g/mol. The molecule has 0 amide bonds. The van der Waals surface area contributed by atoms with Crippen LogP contribution in [-0.2, 0) is 13.2 Å². The Hall–Kier alpha value is -1.39. The van der Waals surface area contributed by atoms with Crippen LogP contribution in [0, 0.1) is 0 Å². The fourth-order valence-electron chi connectivity index (χ4n) is 1.44. The van der Waals surface area contributed by atoms with Gasteiger partial charge in [0.25, 0.3) is 0 Å². The number of hydrogen-bond acceptors (Lipinski definition) is 4. The molecule has 1 heterocycles. The molecule has 0 aliphatic carbocycles. The fraction of sp³-hybridized carbons (Fsp3) is 0.308. The normalized spacial score (nSPS) is 10.4. The van der Waals surface area contributed by atoms with Crippen LogP contribution in [0.15, 0.2) is 35.2 Å². The third-order valence-corrected chi connectivity index (χ3v) is 3.01. The summed E-state index contributed by atoms with van der Waals surface area (Å²) >= 11 is 1.59. The molecule has 2 rings (SSSR count). The Morgan fingerprint density at radius 1 is 1.29 bits per heavy atom. The Labute approximate surface area is 105 Å². The molecule has 0 fully saturated rings. The maximum Gasteiger partial charge on any atom is 0.131 e. The summed E-state index contributed by atoms with van der Waals surface area (Å²) in [4.78, 5) is 4.17. The topological polar surface area (TPSA) is 34.1 Å². The molecule has 0 aliphatic rings. The van der Waals surface area contributed by atoms with Crippen molar-refractivity contribution >= 4 is 11.3 Å². The lowest BCUT2D eigenvalue weighted by Crippen LogP contribution is -2.11. The van der Waals surface area contributed by atoms with Crippen LogP contribution in [-0.4, -0.2) is 11.5 Å². The van der Waals surface area contributed by atoms with Crippen molar-refractivity contribution < 1.29 is 4.74 Å². The highest BCUT2D eigenvalue weighted by Gasteiger charge is 1.98. The van der Waals surface area contributed by atoms with Gasteiger partial charge in [0.05, 0.1) is 11.2 Å². The van der Waals surface area contributed by atoms with Gasteiger partial charge in [-0.1, -0.05) is 19.1 Å². The van der Waals surface area contributed by atoms with E-state index in [4.69, 9.17) is 4.74 Å². The molecule has 0 radical (unpaired) electrons. The van der Waals surface area contributed by atoms with Gasteiger partial charge in [-0.25, -0.2) is 4.98 Å². The average molecular weight is 248 g/mol. The molecule has 0 aliphatic heterocycles. The zero-order valence-corrected chi connectivity index (χ0v) is 10.7. The van der Waals surface area contributed by atoms with E-state index in [1.807, 2.05) is 23.0 Å². The highest BCUT2D eigenvalue weighted by molar-refractivity contribution is 7.07. The smallest absolute Gasteiger partial charge is 0.131 e. The number of nitrogens with one attached hydrogen (secondary N) is 1. The summed E-state index contributed by atoms with van der Waals surface area (Å²) in [7, 11) is 0. The molecule has 4 heteroatoms. The standard InChI is InChI=1S/C13H16N2OS/c1-2-14-7-11-3-5-13(6-4-11)16-8-12-9-17-10-15-12/h3-6,9-10,14H,2,7-8H2,1H3. The van der Waals surface area contributed by atoms with Gasteiger partial charge in [0.15, 0.2) is 0 Å². The van der Waals surface area contributed by atoms with Gasteiger partial charge in [-0.05, 0) is 24.2 Å². The van der Waals surface area contributed by atoms with Gasteiger partial charge in [-0.2, -0.15) is 0 Å². The van der Waals surface area contributed by atoms with E-state index in [-0.39, 0.29) is 0 Å². The van der Waals surface area contributed by atoms with E-state index >= 15 is 0 Å². The van der Waals surface area contributed by atoms with Crippen LogP contribution in [0.4, 0.5) is 0 Å². The van der Waals surface area contributed by atoms with E-state index in [9.17, 15) is 0 Å². The summed E-state index contributed by atoms with van der Waals surface area (Å²) in [6, 6.07) is 8.16. The summed E-state index contributed by atoms with van der Waals surface area (Å²) in [6.45, 7) is 4.53. The van der Waals surface area contributed by atoms with Gasteiger partial charge >= 0.3 is 0 Å². The molecule has 2 aromatic rings. The predicted octanol–water partition coefficient (Wildman–Crippen LogP) is 2.83. The van der Waals surface area contributed by atoms with Crippen LogP contribution in [0.5, 0.6) is 5.75 Å². The van der Waals surface area contributed by atoms with Crippen LogP contribution >= 0.6 is 11.3 Å². The van der Waals surface area contributed by atoms with Crippen LogP contribution in [0.3, 0.4) is 0 Å². The zero-order chi connectivity index (χ0) is 11.9. The number of thiazole rings is 1. The lowest BCUT2D eigenvalue weighted by molar-refractivity contribution is 0.302. The minimum absolute atomic E-state index is 0.538. The summed E-state index contributed by atoms with van der Waals surface area (Å²) < 4.78 is 5.63. The predicted molar refractivity (Wildman–Crippen MR) is 70.3 cm³/mol. The summed E-state index contributed by atoms with van der Waals surface area (Å²) in [5, 5.41) is 5.29. The number of rotatable bonds is 6. The molecule has 1 aromatic carbocycles. The second kappa shape index (κ2) is 6.37. The minimum Gasteiger partial charge on any atom is -0.487 e. The van der Waals surface area contributed by atoms with E-state index in [0.717, 1.165) is 24.5 Å². The fourth-order valence-corrected chi connectivity index (χ4v) is 1.98. The van der Waals surface area contributed by atoms with E-state index < -0.39 is 0 Å². The van der Waals surface area contributed by atoms with Crippen LogP contribution in [0.25, 0.3) is 0 Å². The molecule has 1 aromatic heterocycles. The van der Waals surface area contributed by atoms with Crippen molar-refractivity contribution in [3.8, 4) is 5.75 Å². The van der Waals surface area contributed by atoms with E-state index in [2.05, 4.69) is 29.4 Å². The molecule has 0 saturated carbocycles. The van der Waals surface area contributed by atoms with E-state index in [0.29, 0.717) is 6.61 Å². The molecule has 17 heavy (non-hydrogen) atoms. The van der Waals surface area contributed by atoms with Gasteiger partial charge in [-0.3, -0.25) is 0 Å². The van der Waals surface area contributed by atoms with Gasteiger partial charge in [0.2, 0.25) is 0 Å². The molecule has 3 nitrogen and oxygen atoms in total. The van der Waals surface area contributed by atoms with Crippen molar-refractivity contribution in [2.24, 2.45) is 0 Å². The first kappa shape index (κ1) is 12.1. The SMILES string of the molecule is CCNCc1ccc(OCc2cscn2)cc1. The first-order valence-corrected chi connectivity index (χ1v) is 6.62. The Morgan fingerprint density at radius 3 is 2.76 bits per heavy atom. The molecule has 0 unspecified atom stereocenters. The second-order valence-corrected chi connectivity index (χ2v) is 4.41. The van der Waals surface area contributed by atoms with Gasteiger partial charge in [0, 0.05) is 11.9 Å². The second-order valence-electron chi connectivity index (χ2n) is 3.69. The monoisotopic (exact) mass is 248 g/mol.